The van der Waals surface area contributed by atoms with Crippen molar-refractivity contribution in [1.29, 1.82) is 0 Å². The molecule has 1 N–H and O–H groups in total. The number of pyridine rings is 1. The zero-order chi connectivity index (χ0) is 15.3. The summed E-state index contributed by atoms with van der Waals surface area (Å²) in [7, 11) is 1.68. The van der Waals surface area contributed by atoms with Gasteiger partial charge in [0.1, 0.15) is 10.8 Å². The van der Waals surface area contributed by atoms with E-state index in [0.717, 1.165) is 22.2 Å². The average Bonchev–Trinajstić information content (AvgIpc) is 2.46. The fourth-order valence-electron chi connectivity index (χ4n) is 1.73. The number of nitrogens with zero attached hydrogens (tertiary/aromatic N) is 1. The summed E-state index contributed by atoms with van der Waals surface area (Å²) in [5.74, 6) is 0.867. The van der Waals surface area contributed by atoms with Gasteiger partial charge in [-0.15, -0.1) is 0 Å². The quantitative estimate of drug-likeness (QED) is 0.900. The Labute approximate surface area is 131 Å². The number of benzene rings is 1. The first-order chi connectivity index (χ1) is 9.96. The Morgan fingerprint density at radius 2 is 2.00 bits per heavy atom. The van der Waals surface area contributed by atoms with Gasteiger partial charge in [0.15, 0.2) is 0 Å². The smallest absolute Gasteiger partial charge is 0.119 e. The second-order valence-corrected chi connectivity index (χ2v) is 6.98. The molecule has 0 atom stereocenters. The number of nitrogens with one attached hydrogen (secondary N) is 1. The molecule has 0 aliphatic carbocycles. The number of methoxy groups -OCH3 is 1. The minimum Gasteiger partial charge on any atom is -0.497 e. The fraction of sp³-hybridized carbons (Fsp3) is 0.353. The molecule has 0 fully saturated rings. The normalized spacial score (nSPS) is 11.4. The van der Waals surface area contributed by atoms with Crippen molar-refractivity contribution in [2.75, 3.05) is 7.11 Å². The number of ether oxygens (including phenoxy) is 1. The summed E-state index contributed by atoms with van der Waals surface area (Å²) in [5.41, 5.74) is 1.31. The van der Waals surface area contributed by atoms with E-state index < -0.39 is 0 Å². The summed E-state index contributed by atoms with van der Waals surface area (Å²) in [4.78, 5) is 5.64. The highest BCUT2D eigenvalue weighted by atomic mass is 32.2. The molecule has 0 bridgehead atoms. The Kier molecular flexibility index (Phi) is 5.26. The maximum absolute atomic E-state index is 5.23. The van der Waals surface area contributed by atoms with Gasteiger partial charge in [-0.3, -0.25) is 0 Å². The van der Waals surface area contributed by atoms with Gasteiger partial charge in [-0.05, 0) is 50.6 Å². The van der Waals surface area contributed by atoms with Crippen LogP contribution in [0.5, 0.6) is 5.75 Å². The number of hydrogen-bond acceptors (Lipinski definition) is 4. The molecule has 0 amide bonds. The van der Waals surface area contributed by atoms with Gasteiger partial charge in [0.2, 0.25) is 0 Å². The Hall–Kier alpha value is -1.52. The third-order valence-corrected chi connectivity index (χ3v) is 3.82. The number of hydrogen-bond donors (Lipinski definition) is 1. The van der Waals surface area contributed by atoms with E-state index >= 15 is 0 Å². The predicted octanol–water partition coefficient (Wildman–Crippen LogP) is 4.13. The van der Waals surface area contributed by atoms with Gasteiger partial charge in [0, 0.05) is 23.2 Å². The third-order valence-electron chi connectivity index (χ3n) is 2.88. The van der Waals surface area contributed by atoms with Crippen LogP contribution in [0.3, 0.4) is 0 Å². The van der Waals surface area contributed by atoms with Crippen LogP contribution in [0.2, 0.25) is 0 Å². The molecule has 21 heavy (non-hydrogen) atoms. The highest BCUT2D eigenvalue weighted by Gasteiger charge is 2.08. The summed E-state index contributed by atoms with van der Waals surface area (Å²) in [6, 6.07) is 12.2. The molecule has 0 aliphatic rings. The second-order valence-electron chi connectivity index (χ2n) is 5.89. The molecule has 0 radical (unpaired) electrons. The second kappa shape index (κ2) is 6.96. The molecule has 2 rings (SSSR count). The lowest BCUT2D eigenvalue weighted by atomic mass is 10.1. The van der Waals surface area contributed by atoms with E-state index in [1.807, 2.05) is 24.4 Å². The van der Waals surface area contributed by atoms with E-state index in [4.69, 9.17) is 4.74 Å². The lowest BCUT2D eigenvalue weighted by Crippen LogP contribution is -2.35. The standard InChI is InChI=1S/C17H22N2OS/c1-17(2,3)19-12-13-8-9-16(18-11-13)21-15-7-5-6-14(10-15)20-4/h5-11,19H,12H2,1-4H3. The molecule has 0 unspecified atom stereocenters. The summed E-state index contributed by atoms with van der Waals surface area (Å²) in [6.45, 7) is 7.31. The van der Waals surface area contributed by atoms with Gasteiger partial charge >= 0.3 is 0 Å². The first-order valence-electron chi connectivity index (χ1n) is 6.98. The van der Waals surface area contributed by atoms with Crippen molar-refractivity contribution in [1.82, 2.24) is 10.3 Å². The van der Waals surface area contributed by atoms with Crippen LogP contribution in [0.15, 0.2) is 52.5 Å². The van der Waals surface area contributed by atoms with Crippen LogP contribution < -0.4 is 10.1 Å². The molecule has 0 saturated carbocycles. The van der Waals surface area contributed by atoms with Gasteiger partial charge in [-0.2, -0.15) is 0 Å². The lowest BCUT2D eigenvalue weighted by Gasteiger charge is -2.20. The van der Waals surface area contributed by atoms with Crippen LogP contribution >= 0.6 is 11.8 Å². The van der Waals surface area contributed by atoms with E-state index in [9.17, 15) is 0 Å². The van der Waals surface area contributed by atoms with Gasteiger partial charge in [-0.25, -0.2) is 4.98 Å². The van der Waals surface area contributed by atoms with Crippen molar-refractivity contribution in [3.05, 3.63) is 48.2 Å². The number of rotatable bonds is 5. The average molecular weight is 302 g/mol. The summed E-state index contributed by atoms with van der Waals surface area (Å²) >= 11 is 1.64. The molecule has 1 aromatic heterocycles. The van der Waals surface area contributed by atoms with Gasteiger partial charge < -0.3 is 10.1 Å². The highest BCUT2D eigenvalue weighted by molar-refractivity contribution is 7.99. The van der Waals surface area contributed by atoms with E-state index in [2.05, 4.69) is 49.3 Å². The van der Waals surface area contributed by atoms with Crippen molar-refractivity contribution >= 4 is 11.8 Å². The maximum Gasteiger partial charge on any atom is 0.119 e. The third kappa shape index (κ3) is 5.40. The van der Waals surface area contributed by atoms with Crippen LogP contribution in [0.25, 0.3) is 0 Å². The highest BCUT2D eigenvalue weighted by Crippen LogP contribution is 2.28. The van der Waals surface area contributed by atoms with Crippen molar-refractivity contribution in [2.45, 2.75) is 42.8 Å². The Morgan fingerprint density at radius 3 is 2.62 bits per heavy atom. The van der Waals surface area contributed by atoms with Crippen molar-refractivity contribution < 1.29 is 4.74 Å². The van der Waals surface area contributed by atoms with Crippen LogP contribution in [0.1, 0.15) is 26.3 Å². The number of aromatic nitrogens is 1. The van der Waals surface area contributed by atoms with Crippen LogP contribution in [-0.4, -0.2) is 17.6 Å². The largest absolute Gasteiger partial charge is 0.497 e. The molecule has 112 valence electrons. The van der Waals surface area contributed by atoms with Crippen LogP contribution in [0.4, 0.5) is 0 Å². The van der Waals surface area contributed by atoms with E-state index in [0.29, 0.717) is 0 Å². The molecule has 3 nitrogen and oxygen atoms in total. The van der Waals surface area contributed by atoms with Crippen LogP contribution in [0, 0.1) is 0 Å². The zero-order valence-electron chi connectivity index (χ0n) is 13.0. The Bertz CT molecular complexity index is 576. The lowest BCUT2D eigenvalue weighted by molar-refractivity contribution is 0.413. The SMILES string of the molecule is COc1cccc(Sc2ccc(CNC(C)(C)C)cn2)c1. The molecule has 0 saturated heterocycles. The zero-order valence-corrected chi connectivity index (χ0v) is 13.8. The summed E-state index contributed by atoms with van der Waals surface area (Å²) in [5, 5.41) is 4.45. The predicted molar refractivity (Wildman–Crippen MR) is 87.9 cm³/mol. The van der Waals surface area contributed by atoms with Crippen molar-refractivity contribution in [2.24, 2.45) is 0 Å². The van der Waals surface area contributed by atoms with E-state index in [1.54, 1.807) is 18.9 Å². The molecule has 4 heteroatoms. The first-order valence-corrected chi connectivity index (χ1v) is 7.80. The Morgan fingerprint density at radius 1 is 1.19 bits per heavy atom. The van der Waals surface area contributed by atoms with E-state index in [1.165, 1.54) is 5.56 Å². The topological polar surface area (TPSA) is 34.1 Å². The molecular weight excluding hydrogens is 280 g/mol. The van der Waals surface area contributed by atoms with Gasteiger partial charge in [0.05, 0.1) is 7.11 Å². The van der Waals surface area contributed by atoms with Gasteiger partial charge in [0.25, 0.3) is 0 Å². The summed E-state index contributed by atoms with van der Waals surface area (Å²) in [6.07, 6.45) is 1.93. The van der Waals surface area contributed by atoms with Crippen molar-refractivity contribution in [3.8, 4) is 5.75 Å². The van der Waals surface area contributed by atoms with Crippen LogP contribution in [-0.2, 0) is 6.54 Å². The fourth-order valence-corrected chi connectivity index (χ4v) is 2.53. The molecule has 2 aromatic rings. The monoisotopic (exact) mass is 302 g/mol. The maximum atomic E-state index is 5.23. The van der Waals surface area contributed by atoms with Crippen molar-refractivity contribution in [3.63, 3.8) is 0 Å². The minimum atomic E-state index is 0.119. The van der Waals surface area contributed by atoms with Gasteiger partial charge in [-0.1, -0.05) is 23.9 Å². The summed E-state index contributed by atoms with van der Waals surface area (Å²) < 4.78 is 5.23. The molecule has 0 aliphatic heterocycles. The minimum absolute atomic E-state index is 0.119. The first kappa shape index (κ1) is 15.9. The molecule has 1 heterocycles. The molecular formula is C17H22N2OS. The van der Waals surface area contributed by atoms with E-state index in [-0.39, 0.29) is 5.54 Å². The molecule has 1 aromatic carbocycles. The molecule has 0 spiro atoms. The Balaban J connectivity index is 1.98.